The number of anilines is 3. The van der Waals surface area contributed by atoms with Gasteiger partial charge >= 0.3 is 0 Å². The average molecular weight is 359 g/mol. The molecule has 1 saturated heterocycles. The van der Waals surface area contributed by atoms with Crippen LogP contribution in [0.1, 0.15) is 18.4 Å². The van der Waals surface area contributed by atoms with Crippen molar-refractivity contribution in [2.45, 2.75) is 19.8 Å². The summed E-state index contributed by atoms with van der Waals surface area (Å²) >= 11 is 0. The highest BCUT2D eigenvalue weighted by Crippen LogP contribution is 2.25. The zero-order chi connectivity index (χ0) is 18.7. The van der Waals surface area contributed by atoms with Crippen molar-refractivity contribution >= 4 is 23.0 Å². The van der Waals surface area contributed by atoms with Crippen molar-refractivity contribution in [3.63, 3.8) is 0 Å². The average Bonchev–Trinajstić information content (AvgIpc) is 3.13. The lowest BCUT2D eigenvalue weighted by atomic mass is 10.1. The number of likely N-dealkylation sites (N-methyl/N-ethyl adjacent to an activating group) is 1. The maximum atomic E-state index is 13.3. The molecule has 1 amide bonds. The highest BCUT2D eigenvalue weighted by atomic mass is 19.2. The summed E-state index contributed by atoms with van der Waals surface area (Å²) in [7, 11) is 1.66. The van der Waals surface area contributed by atoms with Gasteiger partial charge in [-0.05, 0) is 55.7 Å². The van der Waals surface area contributed by atoms with E-state index in [0.717, 1.165) is 36.5 Å². The van der Waals surface area contributed by atoms with E-state index in [1.54, 1.807) is 11.9 Å². The highest BCUT2D eigenvalue weighted by molar-refractivity contribution is 5.94. The molecule has 1 N–H and O–H groups in total. The minimum Gasteiger partial charge on any atom is -0.372 e. The zero-order valence-electron chi connectivity index (χ0n) is 15.1. The van der Waals surface area contributed by atoms with Gasteiger partial charge < -0.3 is 15.1 Å². The SMILES string of the molecule is Cc1cc(N2CCCC2)ccc1NC(=O)CN(C)c1ccc(F)c(F)c1. The number of carbonyl (C=O) groups excluding carboxylic acids is 1. The number of nitrogens with zero attached hydrogens (tertiary/aromatic N) is 2. The first-order valence-electron chi connectivity index (χ1n) is 8.75. The minimum absolute atomic E-state index is 0.0401. The second kappa shape index (κ2) is 7.72. The van der Waals surface area contributed by atoms with E-state index in [1.807, 2.05) is 19.1 Å². The molecular weight excluding hydrogens is 336 g/mol. The predicted molar refractivity (Wildman–Crippen MR) is 101 cm³/mol. The smallest absolute Gasteiger partial charge is 0.243 e. The fourth-order valence-electron chi connectivity index (χ4n) is 3.18. The van der Waals surface area contributed by atoms with Crippen LogP contribution in [0.3, 0.4) is 0 Å². The van der Waals surface area contributed by atoms with Gasteiger partial charge in [0.25, 0.3) is 0 Å². The van der Waals surface area contributed by atoms with Crippen molar-refractivity contribution < 1.29 is 13.6 Å². The Hall–Kier alpha value is -2.63. The molecule has 26 heavy (non-hydrogen) atoms. The molecular formula is C20H23F2N3O. The van der Waals surface area contributed by atoms with Crippen LogP contribution in [0.15, 0.2) is 36.4 Å². The molecule has 0 radical (unpaired) electrons. The van der Waals surface area contributed by atoms with Gasteiger partial charge in [-0.1, -0.05) is 0 Å². The van der Waals surface area contributed by atoms with Gasteiger partial charge in [0.2, 0.25) is 5.91 Å². The maximum Gasteiger partial charge on any atom is 0.243 e. The molecule has 4 nitrogen and oxygen atoms in total. The Kier molecular flexibility index (Phi) is 5.40. The molecule has 0 bridgehead atoms. The summed E-state index contributed by atoms with van der Waals surface area (Å²) < 4.78 is 26.4. The predicted octanol–water partition coefficient (Wildman–Crippen LogP) is 3.95. The minimum atomic E-state index is -0.928. The van der Waals surface area contributed by atoms with Crippen LogP contribution >= 0.6 is 0 Å². The lowest BCUT2D eigenvalue weighted by Gasteiger charge is -2.21. The Balaban J connectivity index is 1.63. The number of nitrogens with one attached hydrogen (secondary N) is 1. The summed E-state index contributed by atoms with van der Waals surface area (Å²) in [5.74, 6) is -2.04. The standard InChI is InChI=1S/C20H23F2N3O/c1-14-11-16(25-9-3-4-10-25)6-8-19(14)23-20(26)13-24(2)15-5-7-17(21)18(22)12-15/h5-8,11-12H,3-4,9-10,13H2,1-2H3,(H,23,26). The van der Waals surface area contributed by atoms with Crippen LogP contribution in [0.5, 0.6) is 0 Å². The number of amides is 1. The molecule has 1 aliphatic heterocycles. The Bertz CT molecular complexity index is 804. The van der Waals surface area contributed by atoms with Crippen LogP contribution in [0, 0.1) is 18.6 Å². The van der Waals surface area contributed by atoms with Crippen molar-refractivity contribution in [1.82, 2.24) is 0 Å². The lowest BCUT2D eigenvalue weighted by Crippen LogP contribution is -2.30. The number of hydrogen-bond acceptors (Lipinski definition) is 3. The molecule has 0 aliphatic carbocycles. The number of carbonyl (C=O) groups is 1. The van der Waals surface area contributed by atoms with Crippen molar-refractivity contribution in [1.29, 1.82) is 0 Å². The van der Waals surface area contributed by atoms with E-state index in [1.165, 1.54) is 24.6 Å². The van der Waals surface area contributed by atoms with Gasteiger partial charge in [-0.25, -0.2) is 8.78 Å². The van der Waals surface area contributed by atoms with E-state index in [4.69, 9.17) is 0 Å². The third-order valence-corrected chi connectivity index (χ3v) is 4.68. The van der Waals surface area contributed by atoms with Crippen LogP contribution < -0.4 is 15.1 Å². The molecule has 6 heteroatoms. The second-order valence-electron chi connectivity index (χ2n) is 6.70. The van der Waals surface area contributed by atoms with E-state index in [2.05, 4.69) is 16.3 Å². The molecule has 0 aromatic heterocycles. The summed E-state index contributed by atoms with van der Waals surface area (Å²) in [5, 5.41) is 2.89. The van der Waals surface area contributed by atoms with Gasteiger partial charge in [-0.3, -0.25) is 4.79 Å². The summed E-state index contributed by atoms with van der Waals surface area (Å²) in [6.07, 6.45) is 2.43. The van der Waals surface area contributed by atoms with E-state index >= 15 is 0 Å². The quantitative estimate of drug-likeness (QED) is 0.878. The molecule has 1 aliphatic rings. The first-order valence-corrected chi connectivity index (χ1v) is 8.75. The Morgan fingerprint density at radius 1 is 1.12 bits per heavy atom. The van der Waals surface area contributed by atoms with Crippen molar-refractivity contribution in [3.05, 3.63) is 53.6 Å². The number of aryl methyl sites for hydroxylation is 1. The number of benzene rings is 2. The molecule has 0 spiro atoms. The van der Waals surface area contributed by atoms with Gasteiger partial charge in [0.1, 0.15) is 0 Å². The highest BCUT2D eigenvalue weighted by Gasteiger charge is 2.15. The van der Waals surface area contributed by atoms with Crippen molar-refractivity contribution in [3.8, 4) is 0 Å². The van der Waals surface area contributed by atoms with Crippen LogP contribution in [0.4, 0.5) is 25.8 Å². The molecule has 1 heterocycles. The first kappa shape index (κ1) is 18.2. The molecule has 2 aromatic rings. The van der Waals surface area contributed by atoms with Gasteiger partial charge in [-0.2, -0.15) is 0 Å². The summed E-state index contributed by atoms with van der Waals surface area (Å²) in [4.78, 5) is 16.2. The third-order valence-electron chi connectivity index (χ3n) is 4.68. The van der Waals surface area contributed by atoms with E-state index in [9.17, 15) is 13.6 Å². The van der Waals surface area contributed by atoms with Gasteiger partial charge in [-0.15, -0.1) is 0 Å². The largest absolute Gasteiger partial charge is 0.372 e. The van der Waals surface area contributed by atoms with Crippen LogP contribution in [-0.4, -0.2) is 32.6 Å². The van der Waals surface area contributed by atoms with E-state index in [0.29, 0.717) is 5.69 Å². The Morgan fingerprint density at radius 2 is 1.85 bits per heavy atom. The topological polar surface area (TPSA) is 35.6 Å². The molecule has 0 unspecified atom stereocenters. The summed E-state index contributed by atoms with van der Waals surface area (Å²) in [6, 6.07) is 9.60. The normalized spacial score (nSPS) is 13.8. The fraction of sp³-hybridized carbons (Fsp3) is 0.350. The van der Waals surface area contributed by atoms with Crippen LogP contribution in [-0.2, 0) is 4.79 Å². The molecule has 1 fully saturated rings. The Morgan fingerprint density at radius 3 is 2.50 bits per heavy atom. The van der Waals surface area contributed by atoms with Gasteiger partial charge in [0, 0.05) is 43.3 Å². The molecule has 0 atom stereocenters. The fourth-order valence-corrected chi connectivity index (χ4v) is 3.18. The van der Waals surface area contributed by atoms with E-state index < -0.39 is 11.6 Å². The monoisotopic (exact) mass is 359 g/mol. The second-order valence-corrected chi connectivity index (χ2v) is 6.70. The van der Waals surface area contributed by atoms with Gasteiger partial charge in [0.05, 0.1) is 6.54 Å². The molecule has 2 aromatic carbocycles. The summed E-state index contributed by atoms with van der Waals surface area (Å²) in [6.45, 7) is 4.15. The third kappa shape index (κ3) is 4.12. The molecule has 3 rings (SSSR count). The number of rotatable bonds is 5. The van der Waals surface area contributed by atoms with Crippen molar-refractivity contribution in [2.24, 2.45) is 0 Å². The maximum absolute atomic E-state index is 13.3. The van der Waals surface area contributed by atoms with E-state index in [-0.39, 0.29) is 12.5 Å². The first-order chi connectivity index (χ1) is 12.4. The molecule has 0 saturated carbocycles. The summed E-state index contributed by atoms with van der Waals surface area (Å²) in [5.41, 5.74) is 3.38. The van der Waals surface area contributed by atoms with Crippen molar-refractivity contribution in [2.75, 3.05) is 41.8 Å². The number of halogens is 2. The lowest BCUT2D eigenvalue weighted by molar-refractivity contribution is -0.114. The van der Waals surface area contributed by atoms with Gasteiger partial charge in [0.15, 0.2) is 11.6 Å². The molecule has 138 valence electrons. The van der Waals surface area contributed by atoms with Crippen LogP contribution in [0.2, 0.25) is 0 Å². The number of hydrogen-bond donors (Lipinski definition) is 1. The van der Waals surface area contributed by atoms with Crippen LogP contribution in [0.25, 0.3) is 0 Å². The zero-order valence-corrected chi connectivity index (χ0v) is 15.1. The Labute approximate surface area is 152 Å².